The first-order valence-electron chi connectivity index (χ1n) is 11.1. The first kappa shape index (κ1) is 20.8. The number of benzene rings is 2. The fraction of sp³-hybridized carbons (Fsp3) is 0.385. The van der Waals surface area contributed by atoms with Crippen molar-refractivity contribution in [2.45, 2.75) is 37.6 Å². The summed E-state index contributed by atoms with van der Waals surface area (Å²) < 4.78 is 11.7. The number of likely N-dealkylation sites (tertiary alicyclic amines) is 1. The third kappa shape index (κ3) is 3.39. The van der Waals surface area contributed by atoms with Crippen molar-refractivity contribution in [1.82, 2.24) is 9.88 Å². The second-order valence-electron chi connectivity index (χ2n) is 9.05. The number of hydrogen-bond donors (Lipinski definition) is 1. The van der Waals surface area contributed by atoms with E-state index in [1.165, 1.54) is 5.56 Å². The lowest BCUT2D eigenvalue weighted by Gasteiger charge is -2.37. The maximum atomic E-state index is 12.3. The summed E-state index contributed by atoms with van der Waals surface area (Å²) in [6.07, 6.45) is 3.10. The molecule has 1 aliphatic heterocycles. The van der Waals surface area contributed by atoms with Gasteiger partial charge in [0.1, 0.15) is 12.4 Å². The number of ether oxygens (including phenoxy) is 2. The molecule has 0 radical (unpaired) electrons. The van der Waals surface area contributed by atoms with Crippen LogP contribution in [0.15, 0.2) is 42.5 Å². The van der Waals surface area contributed by atoms with E-state index in [0.717, 1.165) is 47.8 Å². The van der Waals surface area contributed by atoms with E-state index in [9.17, 15) is 4.79 Å². The van der Waals surface area contributed by atoms with Crippen molar-refractivity contribution in [1.29, 1.82) is 0 Å². The quantitative estimate of drug-likeness (QED) is 0.615. The lowest BCUT2D eigenvalue weighted by Crippen LogP contribution is -2.48. The molecular weight excluding hydrogens is 402 g/mol. The van der Waals surface area contributed by atoms with Gasteiger partial charge in [0, 0.05) is 28.5 Å². The standard InChI is InChI=1S/C26H29N3O3/c1-16-20(25(27)30)12-18(32-15-17-8-11-29(17)2)13-21(16)26(9-10-26)22-14-24(31-3)28-23-7-5-4-6-19(22)23/h4-7,12-14,17H,8-11,15H2,1-3H3,(H2,27,30). The number of rotatable bonds is 7. The van der Waals surface area contributed by atoms with E-state index >= 15 is 0 Å². The van der Waals surface area contributed by atoms with Crippen molar-refractivity contribution >= 4 is 16.8 Å². The molecule has 1 saturated heterocycles. The molecule has 0 bridgehead atoms. The zero-order valence-electron chi connectivity index (χ0n) is 18.9. The first-order valence-corrected chi connectivity index (χ1v) is 11.1. The molecule has 2 heterocycles. The van der Waals surface area contributed by atoms with Crippen molar-refractivity contribution in [2.75, 3.05) is 27.3 Å². The highest BCUT2D eigenvalue weighted by Gasteiger charge is 2.48. The van der Waals surface area contributed by atoms with E-state index in [2.05, 4.69) is 29.1 Å². The van der Waals surface area contributed by atoms with Crippen LogP contribution < -0.4 is 15.2 Å². The number of carbonyl (C=O) groups is 1. The number of likely N-dealkylation sites (N-methyl/N-ethyl adjacent to an activating group) is 1. The molecule has 1 unspecified atom stereocenters. The van der Waals surface area contributed by atoms with Crippen LogP contribution in [0.3, 0.4) is 0 Å². The number of carbonyl (C=O) groups excluding carboxylic acids is 1. The van der Waals surface area contributed by atoms with Gasteiger partial charge in [0.15, 0.2) is 0 Å². The Morgan fingerprint density at radius 3 is 2.62 bits per heavy atom. The number of aromatic nitrogens is 1. The lowest BCUT2D eigenvalue weighted by molar-refractivity contribution is 0.0767. The van der Waals surface area contributed by atoms with Crippen molar-refractivity contribution in [2.24, 2.45) is 5.73 Å². The number of nitrogens with two attached hydrogens (primary N) is 1. The highest BCUT2D eigenvalue weighted by atomic mass is 16.5. The van der Waals surface area contributed by atoms with Crippen LogP contribution in [0, 0.1) is 6.92 Å². The molecule has 1 atom stereocenters. The molecule has 1 aliphatic carbocycles. The zero-order chi connectivity index (χ0) is 22.5. The molecule has 2 N–H and O–H groups in total. The molecule has 1 saturated carbocycles. The molecule has 5 rings (SSSR count). The summed E-state index contributed by atoms with van der Waals surface area (Å²) >= 11 is 0. The lowest BCUT2D eigenvalue weighted by atomic mass is 9.82. The van der Waals surface area contributed by atoms with Gasteiger partial charge in [0.25, 0.3) is 0 Å². The third-order valence-corrected chi connectivity index (χ3v) is 7.21. The van der Waals surface area contributed by atoms with Crippen LogP contribution in [0.2, 0.25) is 0 Å². The molecule has 32 heavy (non-hydrogen) atoms. The molecule has 1 amide bonds. The summed E-state index contributed by atoms with van der Waals surface area (Å²) in [5, 5.41) is 1.10. The number of primary amides is 1. The van der Waals surface area contributed by atoms with E-state index in [-0.39, 0.29) is 5.41 Å². The average molecular weight is 432 g/mol. The number of nitrogens with zero attached hydrogens (tertiary/aromatic N) is 2. The van der Waals surface area contributed by atoms with Gasteiger partial charge in [-0.05, 0) is 74.7 Å². The maximum Gasteiger partial charge on any atom is 0.249 e. The van der Waals surface area contributed by atoms with Gasteiger partial charge in [0.2, 0.25) is 11.8 Å². The van der Waals surface area contributed by atoms with Crippen molar-refractivity contribution in [3.05, 3.63) is 64.7 Å². The molecule has 0 spiro atoms. The first-order chi connectivity index (χ1) is 15.4. The Balaban J connectivity index is 1.62. The van der Waals surface area contributed by atoms with E-state index < -0.39 is 5.91 Å². The highest BCUT2D eigenvalue weighted by molar-refractivity contribution is 5.95. The molecular formula is C26H29N3O3. The van der Waals surface area contributed by atoms with Crippen molar-refractivity contribution in [3.8, 4) is 11.6 Å². The summed E-state index contributed by atoms with van der Waals surface area (Å²) in [6, 6.07) is 14.5. The van der Waals surface area contributed by atoms with Gasteiger partial charge < -0.3 is 15.2 Å². The number of amides is 1. The Morgan fingerprint density at radius 1 is 1.22 bits per heavy atom. The molecule has 6 nitrogen and oxygen atoms in total. The predicted molar refractivity (Wildman–Crippen MR) is 125 cm³/mol. The van der Waals surface area contributed by atoms with E-state index in [1.54, 1.807) is 13.2 Å². The molecule has 1 aromatic heterocycles. The summed E-state index contributed by atoms with van der Waals surface area (Å²) in [5.41, 5.74) is 10.2. The Kier molecular flexibility index (Phi) is 5.05. The number of hydrogen-bond acceptors (Lipinski definition) is 5. The van der Waals surface area contributed by atoms with Crippen LogP contribution in [0.1, 0.15) is 46.3 Å². The monoisotopic (exact) mass is 431 g/mol. The van der Waals surface area contributed by atoms with E-state index in [4.69, 9.17) is 15.2 Å². The van der Waals surface area contributed by atoms with E-state index in [0.29, 0.717) is 29.8 Å². The molecule has 2 aliphatic rings. The van der Waals surface area contributed by atoms with Gasteiger partial charge in [-0.15, -0.1) is 0 Å². The van der Waals surface area contributed by atoms with Gasteiger partial charge >= 0.3 is 0 Å². The minimum Gasteiger partial charge on any atom is -0.492 e. The second-order valence-corrected chi connectivity index (χ2v) is 9.05. The Morgan fingerprint density at radius 2 is 2.00 bits per heavy atom. The largest absolute Gasteiger partial charge is 0.492 e. The van der Waals surface area contributed by atoms with Gasteiger partial charge in [-0.1, -0.05) is 18.2 Å². The van der Waals surface area contributed by atoms with Crippen LogP contribution in [0.5, 0.6) is 11.6 Å². The Labute approximate surface area is 188 Å². The number of methoxy groups -OCH3 is 1. The van der Waals surface area contributed by atoms with Crippen molar-refractivity contribution in [3.63, 3.8) is 0 Å². The number of fused-ring (bicyclic) bond motifs is 1. The summed E-state index contributed by atoms with van der Waals surface area (Å²) in [6.45, 7) is 3.69. The molecule has 2 fully saturated rings. The number of para-hydroxylation sites is 1. The van der Waals surface area contributed by atoms with Gasteiger partial charge in [-0.2, -0.15) is 0 Å². The maximum absolute atomic E-state index is 12.3. The summed E-state index contributed by atoms with van der Waals surface area (Å²) in [7, 11) is 3.75. The smallest absolute Gasteiger partial charge is 0.249 e. The van der Waals surface area contributed by atoms with Gasteiger partial charge in [0.05, 0.1) is 12.6 Å². The molecule has 166 valence electrons. The summed E-state index contributed by atoms with van der Waals surface area (Å²) in [5.74, 6) is 0.873. The van der Waals surface area contributed by atoms with Crippen molar-refractivity contribution < 1.29 is 14.3 Å². The Hall–Kier alpha value is -3.12. The minimum atomic E-state index is -0.428. The van der Waals surface area contributed by atoms with Crippen LogP contribution in [0.25, 0.3) is 10.9 Å². The average Bonchev–Trinajstić information content (AvgIpc) is 3.59. The van der Waals surface area contributed by atoms with Crippen LogP contribution >= 0.6 is 0 Å². The topological polar surface area (TPSA) is 77.7 Å². The van der Waals surface area contributed by atoms with Gasteiger partial charge in [-0.3, -0.25) is 9.69 Å². The normalized spacial score (nSPS) is 19.4. The highest BCUT2D eigenvalue weighted by Crippen LogP contribution is 2.57. The summed E-state index contributed by atoms with van der Waals surface area (Å²) in [4.78, 5) is 19.2. The van der Waals surface area contributed by atoms with Crippen LogP contribution in [-0.2, 0) is 5.41 Å². The minimum absolute atomic E-state index is 0.212. The predicted octanol–water partition coefficient (Wildman–Crippen LogP) is 3.81. The zero-order valence-corrected chi connectivity index (χ0v) is 18.9. The fourth-order valence-electron chi connectivity index (χ4n) is 4.96. The molecule has 2 aromatic carbocycles. The molecule has 3 aromatic rings. The Bertz CT molecular complexity index is 1200. The van der Waals surface area contributed by atoms with Crippen LogP contribution in [-0.4, -0.2) is 49.1 Å². The fourth-order valence-corrected chi connectivity index (χ4v) is 4.96. The SMILES string of the molecule is COc1cc(C2(c3cc(OCC4CCN4C)cc(C(N)=O)c3C)CC2)c2ccccc2n1. The van der Waals surface area contributed by atoms with Gasteiger partial charge in [-0.25, -0.2) is 4.98 Å². The molecule has 6 heteroatoms. The third-order valence-electron chi connectivity index (χ3n) is 7.21. The van der Waals surface area contributed by atoms with Crippen LogP contribution in [0.4, 0.5) is 0 Å². The number of pyridine rings is 1. The second kappa shape index (κ2) is 7.78. The van der Waals surface area contributed by atoms with E-state index in [1.807, 2.05) is 31.2 Å².